The third-order valence-electron chi connectivity index (χ3n) is 2.47. The molecule has 1 aromatic carbocycles. The van der Waals surface area contributed by atoms with Crippen LogP contribution in [0.2, 0.25) is 5.02 Å². The Morgan fingerprint density at radius 3 is 2.88 bits per heavy atom. The van der Waals surface area contributed by atoms with Crippen LogP contribution in [0.25, 0.3) is 5.69 Å². The highest BCUT2D eigenvalue weighted by atomic mass is 35.5. The Balaban J connectivity index is 2.62. The van der Waals surface area contributed by atoms with E-state index in [0.717, 1.165) is 5.56 Å². The molecule has 90 valence electrons. The van der Waals surface area contributed by atoms with E-state index in [0.29, 0.717) is 22.2 Å². The second-order valence-electron chi connectivity index (χ2n) is 3.57. The van der Waals surface area contributed by atoms with Gasteiger partial charge in [0.2, 0.25) is 0 Å². The maximum Gasteiger partial charge on any atom is 0.146 e. The minimum atomic E-state index is -0.141. The maximum atomic E-state index is 9.19. The number of methoxy groups -OCH3 is 1. The van der Waals surface area contributed by atoms with Crippen LogP contribution in [-0.4, -0.2) is 27.2 Å². The molecule has 5 nitrogen and oxygen atoms in total. The van der Waals surface area contributed by atoms with Crippen molar-refractivity contribution in [2.75, 3.05) is 7.11 Å². The summed E-state index contributed by atoms with van der Waals surface area (Å²) in [5.74, 6) is 0.584. The van der Waals surface area contributed by atoms with Crippen LogP contribution in [0.5, 0.6) is 5.75 Å². The predicted molar refractivity (Wildman–Crippen MR) is 63.6 cm³/mol. The molecule has 2 rings (SSSR count). The van der Waals surface area contributed by atoms with E-state index in [2.05, 4.69) is 10.3 Å². The standard InChI is InChI=1S/C11H12ClN3O2/c1-7-3-10(11(17-2)4-9(7)12)15-8(6-16)5-13-14-15/h3-5,16H,6H2,1-2H3. The van der Waals surface area contributed by atoms with Crippen molar-refractivity contribution in [2.24, 2.45) is 0 Å². The van der Waals surface area contributed by atoms with E-state index >= 15 is 0 Å². The number of rotatable bonds is 3. The molecule has 0 aliphatic heterocycles. The number of hydrogen-bond donors (Lipinski definition) is 1. The summed E-state index contributed by atoms with van der Waals surface area (Å²) in [7, 11) is 1.56. The van der Waals surface area contributed by atoms with Crippen molar-refractivity contribution in [3.05, 3.63) is 34.6 Å². The van der Waals surface area contributed by atoms with Crippen molar-refractivity contribution in [1.29, 1.82) is 0 Å². The first kappa shape index (κ1) is 11.9. The van der Waals surface area contributed by atoms with Crippen LogP contribution in [-0.2, 0) is 6.61 Å². The van der Waals surface area contributed by atoms with E-state index in [4.69, 9.17) is 16.3 Å². The molecule has 6 heteroatoms. The first-order valence-corrected chi connectivity index (χ1v) is 5.40. The zero-order valence-electron chi connectivity index (χ0n) is 9.51. The van der Waals surface area contributed by atoms with Crippen molar-refractivity contribution in [1.82, 2.24) is 15.0 Å². The summed E-state index contributed by atoms with van der Waals surface area (Å²) in [6.07, 6.45) is 1.50. The summed E-state index contributed by atoms with van der Waals surface area (Å²) in [4.78, 5) is 0. The van der Waals surface area contributed by atoms with Crippen LogP contribution in [0.1, 0.15) is 11.3 Å². The summed E-state index contributed by atoms with van der Waals surface area (Å²) >= 11 is 6.02. The van der Waals surface area contributed by atoms with E-state index in [-0.39, 0.29) is 6.61 Å². The van der Waals surface area contributed by atoms with Crippen molar-refractivity contribution in [3.63, 3.8) is 0 Å². The Bertz CT molecular complexity index is 540. The summed E-state index contributed by atoms with van der Waals surface area (Å²) in [5.41, 5.74) is 2.20. The Morgan fingerprint density at radius 2 is 2.24 bits per heavy atom. The Labute approximate surface area is 104 Å². The lowest BCUT2D eigenvalue weighted by atomic mass is 10.2. The van der Waals surface area contributed by atoms with Crippen molar-refractivity contribution < 1.29 is 9.84 Å². The summed E-state index contributed by atoms with van der Waals surface area (Å²) in [6.45, 7) is 1.75. The highest BCUT2D eigenvalue weighted by molar-refractivity contribution is 6.31. The normalized spacial score (nSPS) is 10.6. The van der Waals surface area contributed by atoms with E-state index in [1.807, 2.05) is 13.0 Å². The third kappa shape index (κ3) is 2.11. The minimum Gasteiger partial charge on any atom is -0.494 e. The van der Waals surface area contributed by atoms with Gasteiger partial charge in [-0.1, -0.05) is 16.8 Å². The minimum absolute atomic E-state index is 0.141. The van der Waals surface area contributed by atoms with E-state index in [1.165, 1.54) is 10.9 Å². The lowest BCUT2D eigenvalue weighted by Gasteiger charge is -2.11. The van der Waals surface area contributed by atoms with Gasteiger partial charge in [-0.15, -0.1) is 5.10 Å². The average molecular weight is 254 g/mol. The first-order valence-electron chi connectivity index (χ1n) is 5.02. The molecule has 0 spiro atoms. The number of halogens is 1. The van der Waals surface area contributed by atoms with E-state index in [9.17, 15) is 5.11 Å². The Morgan fingerprint density at radius 1 is 1.47 bits per heavy atom. The number of aliphatic hydroxyl groups excluding tert-OH is 1. The molecule has 0 aliphatic carbocycles. The van der Waals surface area contributed by atoms with E-state index in [1.54, 1.807) is 13.2 Å². The second-order valence-corrected chi connectivity index (χ2v) is 3.98. The van der Waals surface area contributed by atoms with E-state index < -0.39 is 0 Å². The lowest BCUT2D eigenvalue weighted by Crippen LogP contribution is -2.05. The average Bonchev–Trinajstić information content (AvgIpc) is 2.80. The fourth-order valence-corrected chi connectivity index (χ4v) is 1.70. The molecule has 0 unspecified atom stereocenters. The fourth-order valence-electron chi connectivity index (χ4n) is 1.54. The Kier molecular flexibility index (Phi) is 3.31. The zero-order chi connectivity index (χ0) is 12.4. The molecule has 1 heterocycles. The molecule has 0 bridgehead atoms. The molecule has 0 saturated carbocycles. The number of aliphatic hydroxyl groups is 1. The molecule has 0 saturated heterocycles. The first-order chi connectivity index (χ1) is 8.17. The van der Waals surface area contributed by atoms with Crippen molar-refractivity contribution in [2.45, 2.75) is 13.5 Å². The molecular formula is C11H12ClN3O2. The number of benzene rings is 1. The van der Waals surface area contributed by atoms with Gasteiger partial charge in [-0.05, 0) is 18.6 Å². The van der Waals surface area contributed by atoms with Crippen LogP contribution in [0.4, 0.5) is 0 Å². The fraction of sp³-hybridized carbons (Fsp3) is 0.273. The van der Waals surface area contributed by atoms with Gasteiger partial charge in [0.25, 0.3) is 0 Å². The lowest BCUT2D eigenvalue weighted by molar-refractivity contribution is 0.273. The smallest absolute Gasteiger partial charge is 0.146 e. The van der Waals surface area contributed by atoms with Gasteiger partial charge in [-0.3, -0.25) is 0 Å². The van der Waals surface area contributed by atoms with Gasteiger partial charge in [-0.2, -0.15) is 0 Å². The second kappa shape index (κ2) is 4.73. The summed E-state index contributed by atoms with van der Waals surface area (Å²) in [6, 6.07) is 3.56. The largest absolute Gasteiger partial charge is 0.494 e. The van der Waals surface area contributed by atoms with Crippen molar-refractivity contribution in [3.8, 4) is 11.4 Å². The molecule has 0 fully saturated rings. The maximum absolute atomic E-state index is 9.19. The number of ether oxygens (including phenoxy) is 1. The van der Waals surface area contributed by atoms with Crippen LogP contribution < -0.4 is 4.74 Å². The number of nitrogens with zero attached hydrogens (tertiary/aromatic N) is 3. The van der Waals surface area contributed by atoms with Crippen LogP contribution in [0.3, 0.4) is 0 Å². The summed E-state index contributed by atoms with van der Waals surface area (Å²) < 4.78 is 6.78. The number of aromatic nitrogens is 3. The van der Waals surface area contributed by atoms with Crippen LogP contribution in [0, 0.1) is 6.92 Å². The van der Waals surface area contributed by atoms with Crippen molar-refractivity contribution >= 4 is 11.6 Å². The molecule has 0 atom stereocenters. The molecule has 0 aliphatic rings. The SMILES string of the molecule is COc1cc(Cl)c(C)cc1-n1nncc1CO. The molecule has 0 amide bonds. The molecular weight excluding hydrogens is 242 g/mol. The predicted octanol–water partition coefficient (Wildman–Crippen LogP) is 1.73. The number of aryl methyl sites for hydroxylation is 1. The monoisotopic (exact) mass is 253 g/mol. The molecule has 1 N–H and O–H groups in total. The van der Waals surface area contributed by atoms with Gasteiger partial charge in [0.1, 0.15) is 11.4 Å². The number of hydrogen-bond acceptors (Lipinski definition) is 4. The molecule has 17 heavy (non-hydrogen) atoms. The zero-order valence-corrected chi connectivity index (χ0v) is 10.3. The highest BCUT2D eigenvalue weighted by Gasteiger charge is 2.12. The quantitative estimate of drug-likeness (QED) is 0.905. The van der Waals surface area contributed by atoms with Gasteiger partial charge in [0, 0.05) is 11.1 Å². The molecule has 1 aromatic heterocycles. The van der Waals surface area contributed by atoms with Crippen LogP contribution in [0.15, 0.2) is 18.3 Å². The van der Waals surface area contributed by atoms with Gasteiger partial charge < -0.3 is 9.84 Å². The topological polar surface area (TPSA) is 60.2 Å². The third-order valence-corrected chi connectivity index (χ3v) is 2.88. The Hall–Kier alpha value is -1.59. The molecule has 2 aromatic rings. The van der Waals surface area contributed by atoms with Gasteiger partial charge in [0.05, 0.1) is 25.6 Å². The van der Waals surface area contributed by atoms with Gasteiger partial charge in [0.15, 0.2) is 0 Å². The van der Waals surface area contributed by atoms with Gasteiger partial charge in [-0.25, -0.2) is 4.68 Å². The van der Waals surface area contributed by atoms with Gasteiger partial charge >= 0.3 is 0 Å². The van der Waals surface area contributed by atoms with Crippen LogP contribution >= 0.6 is 11.6 Å². The highest BCUT2D eigenvalue weighted by Crippen LogP contribution is 2.29. The summed E-state index contributed by atoms with van der Waals surface area (Å²) in [5, 5.41) is 17.5. The molecule has 0 radical (unpaired) electrons.